The van der Waals surface area contributed by atoms with Gasteiger partial charge in [0.2, 0.25) is 0 Å². The smallest absolute Gasteiger partial charge is 0.307 e. The van der Waals surface area contributed by atoms with Crippen LogP contribution in [0.3, 0.4) is 0 Å². The maximum absolute atomic E-state index is 11.8. The topological polar surface area (TPSA) is 29.5 Å². The molecule has 0 radical (unpaired) electrons. The molecule has 106 valence electrons. The van der Waals surface area contributed by atoms with E-state index in [2.05, 4.69) is 18.7 Å². The first-order valence-electron chi connectivity index (χ1n) is 7.62. The molecule has 0 bridgehead atoms. The molecule has 1 fully saturated rings. The van der Waals surface area contributed by atoms with Gasteiger partial charge >= 0.3 is 5.97 Å². The van der Waals surface area contributed by atoms with E-state index in [1.807, 2.05) is 6.92 Å². The van der Waals surface area contributed by atoms with Crippen LogP contribution in [-0.4, -0.2) is 36.6 Å². The van der Waals surface area contributed by atoms with Gasteiger partial charge in [0.15, 0.2) is 0 Å². The molecule has 1 heterocycles. The van der Waals surface area contributed by atoms with Gasteiger partial charge < -0.3 is 4.74 Å². The average Bonchev–Trinajstić information content (AvgIpc) is 2.40. The fourth-order valence-corrected chi connectivity index (χ4v) is 3.07. The number of carbonyl (C=O) groups is 1. The second kappa shape index (κ2) is 8.52. The van der Waals surface area contributed by atoms with E-state index in [9.17, 15) is 4.79 Å². The molecule has 1 aliphatic heterocycles. The van der Waals surface area contributed by atoms with E-state index in [1.165, 1.54) is 19.3 Å². The van der Waals surface area contributed by atoms with Crippen molar-refractivity contribution in [1.82, 2.24) is 4.90 Å². The standard InChI is InChI=1S/C15H29NO2/c1-4-13(5-2)14(12-15(17)18-6-3)16-10-8-7-9-11-16/h13-14H,4-12H2,1-3H3. The van der Waals surface area contributed by atoms with Gasteiger partial charge in [-0.05, 0) is 38.8 Å². The fourth-order valence-electron chi connectivity index (χ4n) is 3.07. The van der Waals surface area contributed by atoms with Crippen LogP contribution in [0.5, 0.6) is 0 Å². The van der Waals surface area contributed by atoms with Crippen molar-refractivity contribution in [3.63, 3.8) is 0 Å². The number of nitrogens with zero attached hydrogens (tertiary/aromatic N) is 1. The lowest BCUT2D eigenvalue weighted by Gasteiger charge is -2.38. The van der Waals surface area contributed by atoms with Crippen LogP contribution in [0.25, 0.3) is 0 Å². The average molecular weight is 255 g/mol. The lowest BCUT2D eigenvalue weighted by atomic mass is 9.89. The van der Waals surface area contributed by atoms with Crippen LogP contribution in [0.15, 0.2) is 0 Å². The summed E-state index contributed by atoms with van der Waals surface area (Å²) >= 11 is 0. The van der Waals surface area contributed by atoms with Crippen molar-refractivity contribution < 1.29 is 9.53 Å². The van der Waals surface area contributed by atoms with E-state index in [-0.39, 0.29) is 5.97 Å². The molecular weight excluding hydrogens is 226 g/mol. The molecule has 1 atom stereocenters. The first-order valence-corrected chi connectivity index (χ1v) is 7.62. The molecule has 1 aliphatic rings. The highest BCUT2D eigenvalue weighted by Crippen LogP contribution is 2.25. The van der Waals surface area contributed by atoms with Crippen LogP contribution < -0.4 is 0 Å². The number of hydrogen-bond donors (Lipinski definition) is 0. The van der Waals surface area contributed by atoms with Crippen LogP contribution in [-0.2, 0) is 9.53 Å². The molecule has 1 unspecified atom stereocenters. The number of likely N-dealkylation sites (tertiary alicyclic amines) is 1. The number of esters is 1. The van der Waals surface area contributed by atoms with Gasteiger partial charge in [0.05, 0.1) is 13.0 Å². The van der Waals surface area contributed by atoms with Crippen molar-refractivity contribution in [3.05, 3.63) is 0 Å². The van der Waals surface area contributed by atoms with Gasteiger partial charge in [0.25, 0.3) is 0 Å². The van der Waals surface area contributed by atoms with Crippen molar-refractivity contribution in [2.24, 2.45) is 5.92 Å². The lowest BCUT2D eigenvalue weighted by Crippen LogP contribution is -2.44. The Kier molecular flexibility index (Phi) is 7.33. The van der Waals surface area contributed by atoms with E-state index in [1.54, 1.807) is 0 Å². The third-order valence-electron chi connectivity index (χ3n) is 4.13. The number of carbonyl (C=O) groups excluding carboxylic acids is 1. The molecule has 3 heteroatoms. The summed E-state index contributed by atoms with van der Waals surface area (Å²) in [6.07, 6.45) is 6.76. The first-order chi connectivity index (χ1) is 8.72. The van der Waals surface area contributed by atoms with Crippen LogP contribution in [0.2, 0.25) is 0 Å². The van der Waals surface area contributed by atoms with Crippen molar-refractivity contribution in [2.75, 3.05) is 19.7 Å². The highest BCUT2D eigenvalue weighted by molar-refractivity contribution is 5.70. The van der Waals surface area contributed by atoms with E-state index in [0.29, 0.717) is 25.0 Å². The van der Waals surface area contributed by atoms with E-state index in [4.69, 9.17) is 4.74 Å². The Bertz CT molecular complexity index is 233. The Morgan fingerprint density at radius 2 is 1.72 bits per heavy atom. The Labute approximate surface area is 112 Å². The monoisotopic (exact) mass is 255 g/mol. The fraction of sp³-hybridized carbons (Fsp3) is 0.933. The summed E-state index contributed by atoms with van der Waals surface area (Å²) in [7, 11) is 0. The Morgan fingerprint density at radius 3 is 2.22 bits per heavy atom. The predicted molar refractivity (Wildman–Crippen MR) is 74.5 cm³/mol. The molecule has 0 amide bonds. The third-order valence-corrected chi connectivity index (χ3v) is 4.13. The zero-order valence-electron chi connectivity index (χ0n) is 12.3. The molecule has 1 rings (SSSR count). The van der Waals surface area contributed by atoms with Gasteiger partial charge in [-0.3, -0.25) is 9.69 Å². The molecule has 0 N–H and O–H groups in total. The minimum atomic E-state index is -0.0278. The largest absolute Gasteiger partial charge is 0.466 e. The van der Waals surface area contributed by atoms with E-state index >= 15 is 0 Å². The zero-order chi connectivity index (χ0) is 13.4. The molecule has 0 aromatic heterocycles. The Balaban J connectivity index is 2.63. The molecular formula is C15H29NO2. The highest BCUT2D eigenvalue weighted by atomic mass is 16.5. The number of ether oxygens (including phenoxy) is 1. The number of piperidine rings is 1. The third kappa shape index (κ3) is 4.60. The Morgan fingerprint density at radius 1 is 1.11 bits per heavy atom. The molecule has 18 heavy (non-hydrogen) atoms. The van der Waals surface area contributed by atoms with E-state index < -0.39 is 0 Å². The van der Waals surface area contributed by atoms with Gasteiger partial charge in [0, 0.05) is 6.04 Å². The van der Waals surface area contributed by atoms with Crippen LogP contribution >= 0.6 is 0 Å². The van der Waals surface area contributed by atoms with Crippen LogP contribution in [0.4, 0.5) is 0 Å². The van der Waals surface area contributed by atoms with Crippen LogP contribution in [0.1, 0.15) is 59.3 Å². The van der Waals surface area contributed by atoms with Gasteiger partial charge in [-0.1, -0.05) is 33.1 Å². The zero-order valence-corrected chi connectivity index (χ0v) is 12.3. The van der Waals surface area contributed by atoms with Crippen LogP contribution in [0, 0.1) is 5.92 Å². The van der Waals surface area contributed by atoms with Gasteiger partial charge in [-0.2, -0.15) is 0 Å². The minimum Gasteiger partial charge on any atom is -0.466 e. The van der Waals surface area contributed by atoms with Gasteiger partial charge in [0.1, 0.15) is 0 Å². The maximum atomic E-state index is 11.8. The molecule has 0 aromatic rings. The Hall–Kier alpha value is -0.570. The summed E-state index contributed by atoms with van der Waals surface area (Å²) in [5, 5.41) is 0. The molecule has 0 saturated carbocycles. The molecule has 3 nitrogen and oxygen atoms in total. The number of hydrogen-bond acceptors (Lipinski definition) is 3. The summed E-state index contributed by atoms with van der Waals surface area (Å²) in [4.78, 5) is 14.3. The quantitative estimate of drug-likeness (QED) is 0.654. The first kappa shape index (κ1) is 15.5. The molecule has 0 spiro atoms. The summed E-state index contributed by atoms with van der Waals surface area (Å²) < 4.78 is 5.14. The van der Waals surface area contributed by atoms with Crippen molar-refractivity contribution in [1.29, 1.82) is 0 Å². The van der Waals surface area contributed by atoms with E-state index in [0.717, 1.165) is 25.9 Å². The maximum Gasteiger partial charge on any atom is 0.307 e. The summed E-state index contributed by atoms with van der Waals surface area (Å²) in [5.41, 5.74) is 0. The van der Waals surface area contributed by atoms with Gasteiger partial charge in [-0.25, -0.2) is 0 Å². The summed E-state index contributed by atoms with van der Waals surface area (Å²) in [6.45, 7) is 9.15. The summed E-state index contributed by atoms with van der Waals surface area (Å²) in [6, 6.07) is 0.388. The number of rotatable bonds is 7. The van der Waals surface area contributed by atoms with Crippen molar-refractivity contribution in [3.8, 4) is 0 Å². The SMILES string of the molecule is CCOC(=O)CC(C(CC)CC)N1CCCCC1. The molecule has 0 aliphatic carbocycles. The van der Waals surface area contributed by atoms with Gasteiger partial charge in [-0.15, -0.1) is 0 Å². The van der Waals surface area contributed by atoms with Crippen molar-refractivity contribution in [2.45, 2.75) is 65.3 Å². The predicted octanol–water partition coefficient (Wildman–Crippen LogP) is 3.23. The molecule has 0 aromatic carbocycles. The normalized spacial score (nSPS) is 18.9. The minimum absolute atomic E-state index is 0.0278. The lowest BCUT2D eigenvalue weighted by molar-refractivity contribution is -0.145. The highest BCUT2D eigenvalue weighted by Gasteiger charge is 2.28. The van der Waals surface area contributed by atoms with Crippen molar-refractivity contribution >= 4 is 5.97 Å². The second-order valence-electron chi connectivity index (χ2n) is 5.25. The summed E-state index contributed by atoms with van der Waals surface area (Å²) in [5.74, 6) is 0.590. The molecule has 1 saturated heterocycles. The second-order valence-corrected chi connectivity index (χ2v) is 5.25.